The van der Waals surface area contributed by atoms with E-state index >= 15 is 0 Å². The number of aryl methyl sites for hydroxylation is 2. The molecule has 0 unspecified atom stereocenters. The molecule has 0 heterocycles. The van der Waals surface area contributed by atoms with Crippen LogP contribution in [0, 0.1) is 25.2 Å². The van der Waals surface area contributed by atoms with Gasteiger partial charge in [-0.3, -0.25) is 9.59 Å². The van der Waals surface area contributed by atoms with Crippen molar-refractivity contribution in [1.82, 2.24) is 0 Å². The highest BCUT2D eigenvalue weighted by atomic mass is 79.9. The van der Waals surface area contributed by atoms with Crippen molar-refractivity contribution >= 4 is 67.1 Å². The molecule has 0 aliphatic heterocycles. The smallest absolute Gasteiger partial charge is 0.337 e. The number of hydrogen-bond acceptors (Lipinski definition) is 6. The standard InChI is InChI=1S/C28H23Br2N3O5/c1-16-4-5-17(2)24(10-16)33-25(34)15-38-26-22(29)12-18(13-23(26)30)11-20(14-31)27(35)32-21-8-6-19(7-9-21)28(36)37-3/h4-13H,15H2,1-3H3,(H,32,35)(H,33,34)/b20-11-. The Morgan fingerprint density at radius 3 is 2.24 bits per heavy atom. The van der Waals surface area contributed by atoms with Gasteiger partial charge in [-0.15, -0.1) is 0 Å². The third-order valence-corrected chi connectivity index (χ3v) is 6.45. The highest BCUT2D eigenvalue weighted by Gasteiger charge is 2.15. The summed E-state index contributed by atoms with van der Waals surface area (Å²) < 4.78 is 11.4. The molecule has 0 bridgehead atoms. The maximum absolute atomic E-state index is 12.6. The summed E-state index contributed by atoms with van der Waals surface area (Å²) in [6.07, 6.45) is 1.42. The number of carbonyl (C=O) groups is 3. The van der Waals surface area contributed by atoms with E-state index in [1.165, 1.54) is 37.5 Å². The fourth-order valence-corrected chi connectivity index (χ4v) is 4.77. The van der Waals surface area contributed by atoms with E-state index < -0.39 is 11.9 Å². The van der Waals surface area contributed by atoms with Gasteiger partial charge in [-0.25, -0.2) is 4.79 Å². The van der Waals surface area contributed by atoms with Crippen LogP contribution in [0.25, 0.3) is 6.08 Å². The van der Waals surface area contributed by atoms with Gasteiger partial charge in [-0.2, -0.15) is 5.26 Å². The number of hydrogen-bond donors (Lipinski definition) is 2. The molecule has 0 fully saturated rings. The lowest BCUT2D eigenvalue weighted by Gasteiger charge is -2.13. The number of benzene rings is 3. The molecule has 2 N–H and O–H groups in total. The Hall–Kier alpha value is -3.94. The zero-order valence-electron chi connectivity index (χ0n) is 20.7. The van der Waals surface area contributed by atoms with Crippen molar-refractivity contribution in [3.63, 3.8) is 0 Å². The first-order valence-electron chi connectivity index (χ1n) is 11.2. The zero-order valence-corrected chi connectivity index (χ0v) is 23.9. The number of anilines is 2. The monoisotopic (exact) mass is 639 g/mol. The molecular formula is C28H23Br2N3O5. The van der Waals surface area contributed by atoms with Gasteiger partial charge in [0, 0.05) is 11.4 Å². The van der Waals surface area contributed by atoms with Gasteiger partial charge in [-0.1, -0.05) is 12.1 Å². The molecule has 0 radical (unpaired) electrons. The van der Waals surface area contributed by atoms with E-state index in [0.29, 0.717) is 31.5 Å². The Kier molecular flexibility index (Phi) is 9.82. The number of carbonyl (C=O) groups excluding carboxylic acids is 3. The summed E-state index contributed by atoms with van der Waals surface area (Å²) in [5.74, 6) is -1.03. The normalized spacial score (nSPS) is 10.8. The fraction of sp³-hybridized carbons (Fsp3) is 0.143. The van der Waals surface area contributed by atoms with Gasteiger partial charge in [-0.05, 0) is 111 Å². The van der Waals surface area contributed by atoms with E-state index in [1.54, 1.807) is 12.1 Å². The Labute approximate surface area is 236 Å². The zero-order chi connectivity index (χ0) is 27.8. The Balaban J connectivity index is 1.68. The minimum absolute atomic E-state index is 0.137. The molecule has 0 saturated carbocycles. The number of amides is 2. The summed E-state index contributed by atoms with van der Waals surface area (Å²) in [7, 11) is 1.28. The van der Waals surface area contributed by atoms with E-state index in [-0.39, 0.29) is 18.1 Å². The number of nitrogens with one attached hydrogen (secondary N) is 2. The Morgan fingerprint density at radius 2 is 1.63 bits per heavy atom. The van der Waals surface area contributed by atoms with Gasteiger partial charge < -0.3 is 20.1 Å². The lowest BCUT2D eigenvalue weighted by Crippen LogP contribution is -2.21. The van der Waals surface area contributed by atoms with Crippen molar-refractivity contribution in [3.05, 3.63) is 91.4 Å². The molecule has 194 valence electrons. The highest BCUT2D eigenvalue weighted by molar-refractivity contribution is 9.11. The van der Waals surface area contributed by atoms with Crippen LogP contribution >= 0.6 is 31.9 Å². The van der Waals surface area contributed by atoms with Crippen LogP contribution in [0.5, 0.6) is 5.75 Å². The molecular weight excluding hydrogens is 618 g/mol. The molecule has 8 nitrogen and oxygen atoms in total. The second kappa shape index (κ2) is 13.0. The van der Waals surface area contributed by atoms with Gasteiger partial charge in [0.2, 0.25) is 0 Å². The van der Waals surface area contributed by atoms with Crippen LogP contribution in [-0.2, 0) is 14.3 Å². The van der Waals surface area contributed by atoms with Gasteiger partial charge in [0.25, 0.3) is 11.8 Å². The highest BCUT2D eigenvalue weighted by Crippen LogP contribution is 2.35. The van der Waals surface area contributed by atoms with Crippen LogP contribution in [-0.4, -0.2) is 31.5 Å². The number of nitriles is 1. The number of nitrogens with zero attached hydrogens (tertiary/aromatic N) is 1. The van der Waals surface area contributed by atoms with E-state index in [2.05, 4.69) is 47.2 Å². The largest absolute Gasteiger partial charge is 0.481 e. The van der Waals surface area contributed by atoms with Crippen molar-refractivity contribution in [1.29, 1.82) is 5.26 Å². The molecule has 3 aromatic rings. The van der Waals surface area contributed by atoms with Crippen LogP contribution in [0.3, 0.4) is 0 Å². The van der Waals surface area contributed by atoms with E-state index in [1.807, 2.05) is 38.1 Å². The number of rotatable bonds is 8. The van der Waals surface area contributed by atoms with Crippen LogP contribution in [0.2, 0.25) is 0 Å². The summed E-state index contributed by atoms with van der Waals surface area (Å²) in [5, 5.41) is 15.0. The van der Waals surface area contributed by atoms with Gasteiger partial charge in [0.15, 0.2) is 6.61 Å². The van der Waals surface area contributed by atoms with Gasteiger partial charge in [0.1, 0.15) is 17.4 Å². The summed E-state index contributed by atoms with van der Waals surface area (Å²) >= 11 is 6.85. The average Bonchev–Trinajstić information content (AvgIpc) is 2.88. The van der Waals surface area contributed by atoms with E-state index in [9.17, 15) is 19.6 Å². The third kappa shape index (κ3) is 7.54. The Bertz CT molecular complexity index is 1440. The maximum Gasteiger partial charge on any atom is 0.337 e. The molecule has 0 atom stereocenters. The molecule has 38 heavy (non-hydrogen) atoms. The molecule has 3 rings (SSSR count). The average molecular weight is 641 g/mol. The first-order chi connectivity index (χ1) is 18.1. The maximum atomic E-state index is 12.6. The molecule has 0 aliphatic carbocycles. The molecule has 10 heteroatoms. The van der Waals surface area contributed by atoms with Crippen molar-refractivity contribution in [2.45, 2.75) is 13.8 Å². The van der Waals surface area contributed by atoms with Crippen LogP contribution in [0.15, 0.2) is 69.1 Å². The lowest BCUT2D eigenvalue weighted by atomic mass is 10.1. The second-order valence-electron chi connectivity index (χ2n) is 8.16. The molecule has 2 amide bonds. The number of ether oxygens (including phenoxy) is 2. The molecule has 0 aromatic heterocycles. The van der Waals surface area contributed by atoms with Crippen LogP contribution < -0.4 is 15.4 Å². The summed E-state index contributed by atoms with van der Waals surface area (Å²) in [5.41, 5.74) is 3.85. The van der Waals surface area contributed by atoms with Crippen molar-refractivity contribution in [2.75, 3.05) is 24.4 Å². The summed E-state index contributed by atoms with van der Waals surface area (Å²) in [4.78, 5) is 36.6. The quantitative estimate of drug-likeness (QED) is 0.173. The topological polar surface area (TPSA) is 118 Å². The number of methoxy groups -OCH3 is 1. The fourth-order valence-electron chi connectivity index (χ4n) is 3.32. The lowest BCUT2D eigenvalue weighted by molar-refractivity contribution is -0.118. The van der Waals surface area contributed by atoms with Gasteiger partial charge >= 0.3 is 5.97 Å². The van der Waals surface area contributed by atoms with Crippen LogP contribution in [0.4, 0.5) is 11.4 Å². The second-order valence-corrected chi connectivity index (χ2v) is 9.87. The first kappa shape index (κ1) is 28.6. The van der Waals surface area contributed by atoms with Crippen molar-refractivity contribution in [2.24, 2.45) is 0 Å². The SMILES string of the molecule is COC(=O)c1ccc(NC(=O)/C(C#N)=C\c2cc(Br)c(OCC(=O)Nc3cc(C)ccc3C)c(Br)c2)cc1. The van der Waals surface area contributed by atoms with Crippen molar-refractivity contribution < 1.29 is 23.9 Å². The summed E-state index contributed by atoms with van der Waals surface area (Å²) in [6, 6.07) is 17.1. The predicted octanol–water partition coefficient (Wildman–Crippen LogP) is 6.18. The van der Waals surface area contributed by atoms with Gasteiger partial charge in [0.05, 0.1) is 21.6 Å². The van der Waals surface area contributed by atoms with E-state index in [4.69, 9.17) is 4.74 Å². The molecule has 3 aromatic carbocycles. The predicted molar refractivity (Wildman–Crippen MR) is 152 cm³/mol. The Morgan fingerprint density at radius 1 is 0.974 bits per heavy atom. The van der Waals surface area contributed by atoms with Crippen molar-refractivity contribution in [3.8, 4) is 11.8 Å². The first-order valence-corrected chi connectivity index (χ1v) is 12.8. The molecule has 0 saturated heterocycles. The number of esters is 1. The molecule has 0 aliphatic rings. The number of halogens is 2. The third-order valence-electron chi connectivity index (χ3n) is 5.28. The van der Waals surface area contributed by atoms with E-state index in [0.717, 1.165) is 16.8 Å². The van der Waals surface area contributed by atoms with Crippen LogP contribution in [0.1, 0.15) is 27.0 Å². The minimum Gasteiger partial charge on any atom is -0.481 e. The minimum atomic E-state index is -0.617. The molecule has 0 spiro atoms. The summed E-state index contributed by atoms with van der Waals surface area (Å²) in [6.45, 7) is 3.63.